The first-order chi connectivity index (χ1) is 9.60. The number of methoxy groups -OCH3 is 1. The third-order valence-electron chi connectivity index (χ3n) is 2.99. The lowest BCUT2D eigenvalue weighted by Gasteiger charge is -2.07. The maximum atomic E-state index is 12.1. The summed E-state index contributed by atoms with van der Waals surface area (Å²) in [5.74, 6) is 0.254. The van der Waals surface area contributed by atoms with Gasteiger partial charge >= 0.3 is 0 Å². The minimum absolute atomic E-state index is 0. The first-order valence-electron chi connectivity index (χ1n) is 7.15. The summed E-state index contributed by atoms with van der Waals surface area (Å²) in [6.45, 7) is 9.61. The molecule has 1 aromatic heterocycles. The summed E-state index contributed by atoms with van der Waals surface area (Å²) in [6, 6.07) is 1.88. The number of carbonyl (C=O) groups is 1. The molecule has 0 fully saturated rings. The summed E-state index contributed by atoms with van der Waals surface area (Å²) < 4.78 is 6.69. The molecule has 0 aliphatic rings. The van der Waals surface area contributed by atoms with E-state index in [1.165, 1.54) is 0 Å². The standard InChI is InChI=1S/C14H26N4O2.ClH/c1-5-18-13(10-12(17-18)11(2)3)14(19)16-7-6-15-8-9-20-4;/h10-11,15H,5-9H2,1-4H3,(H,16,19);1H. The molecule has 0 unspecified atom stereocenters. The van der Waals surface area contributed by atoms with E-state index in [0.717, 1.165) is 18.8 Å². The number of rotatable bonds is 9. The summed E-state index contributed by atoms with van der Waals surface area (Å²) in [5.41, 5.74) is 1.59. The van der Waals surface area contributed by atoms with E-state index in [-0.39, 0.29) is 18.3 Å². The molecule has 0 saturated carbocycles. The molecule has 6 nitrogen and oxygen atoms in total. The van der Waals surface area contributed by atoms with Crippen LogP contribution in [0.3, 0.4) is 0 Å². The number of halogens is 1. The van der Waals surface area contributed by atoms with Crippen LogP contribution in [0.4, 0.5) is 0 Å². The molecule has 122 valence electrons. The van der Waals surface area contributed by atoms with Crippen molar-refractivity contribution >= 4 is 18.3 Å². The molecule has 21 heavy (non-hydrogen) atoms. The molecule has 1 heterocycles. The Morgan fingerprint density at radius 1 is 1.38 bits per heavy atom. The van der Waals surface area contributed by atoms with Gasteiger partial charge in [-0.25, -0.2) is 0 Å². The molecule has 1 aromatic rings. The SMILES string of the molecule is CCn1nc(C(C)C)cc1C(=O)NCCNCCOC.Cl. The molecular weight excluding hydrogens is 292 g/mol. The minimum atomic E-state index is -0.0696. The Hall–Kier alpha value is -1.11. The Kier molecular flexibility index (Phi) is 10.0. The zero-order valence-electron chi connectivity index (χ0n) is 13.3. The van der Waals surface area contributed by atoms with Crippen LogP contribution in [0, 0.1) is 0 Å². The molecule has 0 aliphatic heterocycles. The lowest BCUT2D eigenvalue weighted by molar-refractivity contribution is 0.0943. The normalized spacial score (nSPS) is 10.5. The molecule has 1 amide bonds. The lowest BCUT2D eigenvalue weighted by atomic mass is 10.1. The molecule has 0 atom stereocenters. The second-order valence-corrected chi connectivity index (χ2v) is 4.92. The van der Waals surface area contributed by atoms with Crippen LogP contribution in [-0.4, -0.2) is 49.0 Å². The Labute approximate surface area is 133 Å². The number of ether oxygens (including phenoxy) is 1. The number of aromatic nitrogens is 2. The third-order valence-corrected chi connectivity index (χ3v) is 2.99. The first-order valence-corrected chi connectivity index (χ1v) is 7.15. The highest BCUT2D eigenvalue weighted by molar-refractivity contribution is 5.92. The highest BCUT2D eigenvalue weighted by Crippen LogP contribution is 2.14. The number of aryl methyl sites for hydroxylation is 1. The fourth-order valence-corrected chi connectivity index (χ4v) is 1.80. The van der Waals surface area contributed by atoms with Crippen LogP contribution in [-0.2, 0) is 11.3 Å². The van der Waals surface area contributed by atoms with Crippen LogP contribution in [0.2, 0.25) is 0 Å². The summed E-state index contributed by atoms with van der Waals surface area (Å²) >= 11 is 0. The van der Waals surface area contributed by atoms with Gasteiger partial charge < -0.3 is 15.4 Å². The summed E-state index contributed by atoms with van der Waals surface area (Å²) in [6.07, 6.45) is 0. The van der Waals surface area contributed by atoms with Crippen LogP contribution in [0.1, 0.15) is 42.9 Å². The maximum absolute atomic E-state index is 12.1. The monoisotopic (exact) mass is 318 g/mol. The number of nitrogens with zero attached hydrogens (tertiary/aromatic N) is 2. The second-order valence-electron chi connectivity index (χ2n) is 4.92. The fraction of sp³-hybridized carbons (Fsp3) is 0.714. The van der Waals surface area contributed by atoms with E-state index in [1.54, 1.807) is 11.8 Å². The van der Waals surface area contributed by atoms with Crippen molar-refractivity contribution in [3.63, 3.8) is 0 Å². The zero-order chi connectivity index (χ0) is 15.0. The molecule has 0 aromatic carbocycles. The van der Waals surface area contributed by atoms with Gasteiger partial charge in [0, 0.05) is 33.3 Å². The van der Waals surface area contributed by atoms with Crippen LogP contribution < -0.4 is 10.6 Å². The van der Waals surface area contributed by atoms with Gasteiger partial charge in [-0.1, -0.05) is 13.8 Å². The molecule has 7 heteroatoms. The highest BCUT2D eigenvalue weighted by Gasteiger charge is 2.15. The van der Waals surface area contributed by atoms with Crippen molar-refractivity contribution in [1.82, 2.24) is 20.4 Å². The Morgan fingerprint density at radius 3 is 2.67 bits per heavy atom. The van der Waals surface area contributed by atoms with Crippen molar-refractivity contribution in [3.05, 3.63) is 17.5 Å². The van der Waals surface area contributed by atoms with E-state index >= 15 is 0 Å². The summed E-state index contributed by atoms with van der Waals surface area (Å²) in [4.78, 5) is 12.1. The van der Waals surface area contributed by atoms with Crippen LogP contribution in [0.25, 0.3) is 0 Å². The Morgan fingerprint density at radius 2 is 2.10 bits per heavy atom. The van der Waals surface area contributed by atoms with Crippen molar-refractivity contribution in [2.45, 2.75) is 33.2 Å². The van der Waals surface area contributed by atoms with E-state index in [1.807, 2.05) is 13.0 Å². The molecule has 1 rings (SSSR count). The molecule has 0 bridgehead atoms. The lowest BCUT2D eigenvalue weighted by Crippen LogP contribution is -2.34. The number of amides is 1. The summed E-state index contributed by atoms with van der Waals surface area (Å²) in [7, 11) is 1.67. The number of hydrogen-bond donors (Lipinski definition) is 2. The van der Waals surface area contributed by atoms with Gasteiger partial charge in [-0.05, 0) is 18.9 Å². The first kappa shape index (κ1) is 19.9. The predicted octanol–water partition coefficient (Wildman–Crippen LogP) is 1.41. The van der Waals surface area contributed by atoms with E-state index < -0.39 is 0 Å². The average Bonchev–Trinajstić information content (AvgIpc) is 2.87. The van der Waals surface area contributed by atoms with Crippen LogP contribution in [0.5, 0.6) is 0 Å². The van der Waals surface area contributed by atoms with Gasteiger partial charge in [-0.2, -0.15) is 5.10 Å². The van der Waals surface area contributed by atoms with Crippen molar-refractivity contribution in [3.8, 4) is 0 Å². The molecule has 2 N–H and O–H groups in total. The van der Waals surface area contributed by atoms with E-state index in [2.05, 4.69) is 29.6 Å². The van der Waals surface area contributed by atoms with Crippen LogP contribution >= 0.6 is 12.4 Å². The minimum Gasteiger partial charge on any atom is -0.383 e. The summed E-state index contributed by atoms with van der Waals surface area (Å²) in [5, 5.41) is 10.5. The van der Waals surface area contributed by atoms with Crippen molar-refractivity contribution < 1.29 is 9.53 Å². The second kappa shape index (κ2) is 10.6. The number of hydrogen-bond acceptors (Lipinski definition) is 4. The third kappa shape index (κ3) is 6.46. The van der Waals surface area contributed by atoms with Gasteiger partial charge in [-0.3, -0.25) is 9.48 Å². The van der Waals surface area contributed by atoms with Gasteiger partial charge in [0.1, 0.15) is 5.69 Å². The highest BCUT2D eigenvalue weighted by atomic mass is 35.5. The Balaban J connectivity index is 0.00000400. The molecule has 0 spiro atoms. The van der Waals surface area contributed by atoms with Crippen molar-refractivity contribution in [2.75, 3.05) is 33.4 Å². The van der Waals surface area contributed by atoms with Crippen LogP contribution in [0.15, 0.2) is 6.07 Å². The molecular formula is C14H27ClN4O2. The maximum Gasteiger partial charge on any atom is 0.269 e. The van der Waals surface area contributed by atoms with Crippen molar-refractivity contribution in [1.29, 1.82) is 0 Å². The van der Waals surface area contributed by atoms with Gasteiger partial charge in [0.05, 0.1) is 12.3 Å². The van der Waals surface area contributed by atoms with E-state index in [0.29, 0.717) is 31.3 Å². The fourth-order valence-electron chi connectivity index (χ4n) is 1.80. The largest absolute Gasteiger partial charge is 0.383 e. The predicted molar refractivity (Wildman–Crippen MR) is 86.3 cm³/mol. The topological polar surface area (TPSA) is 68.2 Å². The van der Waals surface area contributed by atoms with Crippen molar-refractivity contribution in [2.24, 2.45) is 0 Å². The molecule has 0 radical (unpaired) electrons. The zero-order valence-corrected chi connectivity index (χ0v) is 14.1. The Bertz CT molecular complexity index is 421. The number of carbonyl (C=O) groups excluding carboxylic acids is 1. The van der Waals surface area contributed by atoms with Gasteiger partial charge in [0.15, 0.2) is 0 Å². The van der Waals surface area contributed by atoms with E-state index in [4.69, 9.17) is 4.74 Å². The quantitative estimate of drug-likeness (QED) is 0.676. The smallest absolute Gasteiger partial charge is 0.269 e. The van der Waals surface area contributed by atoms with Gasteiger partial charge in [0.25, 0.3) is 5.91 Å². The van der Waals surface area contributed by atoms with Gasteiger partial charge in [0.2, 0.25) is 0 Å². The van der Waals surface area contributed by atoms with Gasteiger partial charge in [-0.15, -0.1) is 12.4 Å². The average molecular weight is 319 g/mol. The van der Waals surface area contributed by atoms with E-state index in [9.17, 15) is 4.79 Å². The number of nitrogens with one attached hydrogen (secondary N) is 2. The molecule has 0 aliphatic carbocycles. The molecule has 0 saturated heterocycles.